The number of aryl methyl sites for hydroxylation is 1. The Morgan fingerprint density at radius 1 is 1.08 bits per heavy atom. The maximum atomic E-state index is 12.5. The van der Waals surface area contributed by atoms with Gasteiger partial charge in [0, 0.05) is 11.3 Å². The van der Waals surface area contributed by atoms with Gasteiger partial charge in [-0.15, -0.1) is 11.3 Å². The minimum absolute atomic E-state index is 0.00407. The van der Waals surface area contributed by atoms with E-state index in [0.717, 1.165) is 56.9 Å². The van der Waals surface area contributed by atoms with E-state index in [4.69, 9.17) is 4.74 Å². The zero-order valence-electron chi connectivity index (χ0n) is 14.9. The quantitative estimate of drug-likeness (QED) is 0.402. The topological polar surface area (TPSA) is 55.4 Å². The third-order valence-corrected chi connectivity index (χ3v) is 5.53. The maximum Gasteiger partial charge on any atom is 0.341 e. The van der Waals surface area contributed by atoms with Crippen LogP contribution in [0.3, 0.4) is 0 Å². The fourth-order valence-electron chi connectivity index (χ4n) is 3.04. The van der Waals surface area contributed by atoms with Crippen LogP contribution in [0.15, 0.2) is 0 Å². The average Bonchev–Trinajstić information content (AvgIpc) is 2.74. The van der Waals surface area contributed by atoms with Gasteiger partial charge in [-0.3, -0.25) is 4.79 Å². The highest BCUT2D eigenvalue weighted by Gasteiger charge is 2.26. The third-order valence-electron chi connectivity index (χ3n) is 4.32. The highest BCUT2D eigenvalue weighted by Crippen LogP contribution is 2.38. The molecular formula is C19H29NO3S. The molecule has 24 heavy (non-hydrogen) atoms. The summed E-state index contributed by atoms with van der Waals surface area (Å²) in [6.07, 6.45) is 9.72. The van der Waals surface area contributed by atoms with E-state index in [2.05, 4.69) is 12.2 Å². The second kappa shape index (κ2) is 9.82. The third kappa shape index (κ3) is 5.07. The van der Waals surface area contributed by atoms with Gasteiger partial charge in [0.05, 0.1) is 12.2 Å². The number of amides is 1. The number of fused-ring (bicyclic) bond motifs is 1. The molecule has 0 atom stereocenters. The Morgan fingerprint density at radius 2 is 1.88 bits per heavy atom. The zero-order valence-corrected chi connectivity index (χ0v) is 15.7. The maximum absolute atomic E-state index is 12.5. The summed E-state index contributed by atoms with van der Waals surface area (Å²) in [5.74, 6) is -0.274. The predicted molar refractivity (Wildman–Crippen MR) is 98.9 cm³/mol. The van der Waals surface area contributed by atoms with Crippen LogP contribution in [0.5, 0.6) is 0 Å². The Hall–Kier alpha value is -1.36. The van der Waals surface area contributed by atoms with Crippen molar-refractivity contribution in [1.29, 1.82) is 0 Å². The number of unbranched alkanes of at least 4 members (excludes halogenated alkanes) is 2. The normalized spacial score (nSPS) is 13.9. The molecule has 0 saturated heterocycles. The standard InChI is InChI=1S/C19H29NO3S/c1-3-5-7-12-16(21)20-18-17(19(22)23-13-4-2)14-10-8-6-9-11-15(14)24-18/h3-13H2,1-2H3,(H,20,21). The Kier molecular flexibility index (Phi) is 7.76. The molecule has 0 aliphatic heterocycles. The first kappa shape index (κ1) is 19.0. The lowest BCUT2D eigenvalue weighted by Gasteiger charge is -2.09. The van der Waals surface area contributed by atoms with Gasteiger partial charge in [0.25, 0.3) is 0 Å². The number of carbonyl (C=O) groups is 2. The van der Waals surface area contributed by atoms with Crippen LogP contribution in [0.4, 0.5) is 5.00 Å². The van der Waals surface area contributed by atoms with Crippen LogP contribution in [0.1, 0.15) is 86.0 Å². The van der Waals surface area contributed by atoms with Crippen molar-refractivity contribution in [2.75, 3.05) is 11.9 Å². The Labute approximate surface area is 149 Å². The van der Waals surface area contributed by atoms with Crippen LogP contribution in [0.2, 0.25) is 0 Å². The SMILES string of the molecule is CCCCCC(=O)Nc1sc2c(c1C(=O)OCCC)CCCCC2. The van der Waals surface area contributed by atoms with E-state index in [9.17, 15) is 9.59 Å². The first-order valence-electron chi connectivity index (χ1n) is 9.28. The molecule has 1 aromatic heterocycles. The lowest BCUT2D eigenvalue weighted by atomic mass is 10.1. The second-order valence-corrected chi connectivity index (χ2v) is 7.51. The van der Waals surface area contributed by atoms with Gasteiger partial charge in [0.15, 0.2) is 0 Å². The highest BCUT2D eigenvalue weighted by atomic mass is 32.1. The summed E-state index contributed by atoms with van der Waals surface area (Å²) < 4.78 is 5.38. The molecule has 5 heteroatoms. The highest BCUT2D eigenvalue weighted by molar-refractivity contribution is 7.17. The number of ether oxygens (including phenoxy) is 1. The Balaban J connectivity index is 2.19. The summed E-state index contributed by atoms with van der Waals surface area (Å²) in [4.78, 5) is 26.0. The summed E-state index contributed by atoms with van der Waals surface area (Å²) in [5.41, 5.74) is 1.73. The minimum atomic E-state index is -0.278. The zero-order chi connectivity index (χ0) is 17.4. The molecule has 0 radical (unpaired) electrons. The van der Waals surface area contributed by atoms with Crippen LogP contribution >= 0.6 is 11.3 Å². The molecule has 4 nitrogen and oxygen atoms in total. The van der Waals surface area contributed by atoms with Crippen molar-refractivity contribution >= 4 is 28.2 Å². The van der Waals surface area contributed by atoms with E-state index < -0.39 is 0 Å². The van der Waals surface area contributed by atoms with Crippen molar-refractivity contribution in [3.63, 3.8) is 0 Å². The van der Waals surface area contributed by atoms with E-state index in [-0.39, 0.29) is 11.9 Å². The molecule has 1 amide bonds. The minimum Gasteiger partial charge on any atom is -0.462 e. The number of rotatable bonds is 8. The van der Waals surface area contributed by atoms with E-state index in [1.807, 2.05) is 6.92 Å². The fraction of sp³-hybridized carbons (Fsp3) is 0.684. The molecule has 1 aliphatic rings. The fourth-order valence-corrected chi connectivity index (χ4v) is 4.33. The molecule has 1 aliphatic carbocycles. The molecule has 0 unspecified atom stereocenters. The first-order chi connectivity index (χ1) is 11.7. The van der Waals surface area contributed by atoms with Crippen LogP contribution in [0.25, 0.3) is 0 Å². The Bertz CT molecular complexity index is 565. The average molecular weight is 352 g/mol. The molecule has 0 aromatic carbocycles. The van der Waals surface area contributed by atoms with Crippen LogP contribution in [-0.2, 0) is 22.4 Å². The van der Waals surface area contributed by atoms with E-state index in [1.165, 1.54) is 11.3 Å². The molecule has 0 bridgehead atoms. The molecule has 1 heterocycles. The number of anilines is 1. The van der Waals surface area contributed by atoms with Crippen molar-refractivity contribution in [3.05, 3.63) is 16.0 Å². The van der Waals surface area contributed by atoms with Gasteiger partial charge >= 0.3 is 5.97 Å². The number of esters is 1. The van der Waals surface area contributed by atoms with Crippen LogP contribution in [-0.4, -0.2) is 18.5 Å². The van der Waals surface area contributed by atoms with Crippen molar-refractivity contribution in [2.24, 2.45) is 0 Å². The van der Waals surface area contributed by atoms with E-state index in [1.54, 1.807) is 11.3 Å². The molecule has 0 spiro atoms. The number of carbonyl (C=O) groups excluding carboxylic acids is 2. The van der Waals surface area contributed by atoms with Gasteiger partial charge < -0.3 is 10.1 Å². The first-order valence-corrected chi connectivity index (χ1v) is 10.1. The van der Waals surface area contributed by atoms with Gasteiger partial charge in [0.2, 0.25) is 5.91 Å². The summed E-state index contributed by atoms with van der Waals surface area (Å²) >= 11 is 1.57. The van der Waals surface area contributed by atoms with Gasteiger partial charge in [-0.25, -0.2) is 4.79 Å². The molecule has 2 rings (SSSR count). The summed E-state index contributed by atoms with van der Waals surface area (Å²) in [6, 6.07) is 0. The van der Waals surface area contributed by atoms with E-state index >= 15 is 0 Å². The van der Waals surface area contributed by atoms with Crippen molar-refractivity contribution in [3.8, 4) is 0 Å². The van der Waals surface area contributed by atoms with E-state index in [0.29, 0.717) is 23.6 Å². The predicted octanol–water partition coefficient (Wildman–Crippen LogP) is 5.10. The van der Waals surface area contributed by atoms with Gasteiger partial charge in [0.1, 0.15) is 5.00 Å². The van der Waals surface area contributed by atoms with Crippen LogP contribution < -0.4 is 5.32 Å². The molecule has 1 aromatic rings. The van der Waals surface area contributed by atoms with Gasteiger partial charge in [-0.2, -0.15) is 0 Å². The Morgan fingerprint density at radius 3 is 2.62 bits per heavy atom. The van der Waals surface area contributed by atoms with Crippen molar-refractivity contribution in [2.45, 2.75) is 78.1 Å². The molecular weight excluding hydrogens is 322 g/mol. The van der Waals surface area contributed by atoms with Gasteiger partial charge in [-0.1, -0.05) is 33.1 Å². The molecule has 0 saturated carbocycles. The van der Waals surface area contributed by atoms with Crippen molar-refractivity contribution in [1.82, 2.24) is 0 Å². The molecule has 0 fully saturated rings. The number of hydrogen-bond acceptors (Lipinski definition) is 4. The van der Waals surface area contributed by atoms with Crippen molar-refractivity contribution < 1.29 is 14.3 Å². The number of hydrogen-bond donors (Lipinski definition) is 1. The largest absolute Gasteiger partial charge is 0.462 e. The molecule has 134 valence electrons. The van der Waals surface area contributed by atoms with Gasteiger partial charge in [-0.05, 0) is 44.1 Å². The number of thiophene rings is 1. The lowest BCUT2D eigenvalue weighted by molar-refractivity contribution is -0.116. The molecule has 1 N–H and O–H groups in total. The monoisotopic (exact) mass is 351 g/mol. The second-order valence-electron chi connectivity index (χ2n) is 6.41. The number of nitrogens with one attached hydrogen (secondary N) is 1. The summed E-state index contributed by atoms with van der Waals surface area (Å²) in [6.45, 7) is 4.53. The van der Waals surface area contributed by atoms with Crippen LogP contribution in [0, 0.1) is 0 Å². The summed E-state index contributed by atoms with van der Waals surface area (Å²) in [7, 11) is 0. The lowest BCUT2D eigenvalue weighted by Crippen LogP contribution is -2.15. The summed E-state index contributed by atoms with van der Waals surface area (Å²) in [5, 5.41) is 3.68. The smallest absolute Gasteiger partial charge is 0.341 e.